The van der Waals surface area contributed by atoms with E-state index in [0.717, 1.165) is 0 Å². The quantitative estimate of drug-likeness (QED) is 0.493. The molecule has 100 valence electrons. The lowest BCUT2D eigenvalue weighted by molar-refractivity contribution is -0.121. The minimum atomic E-state index is -0.966. The van der Waals surface area contributed by atoms with E-state index < -0.39 is 12.7 Å². The molecule has 1 heterocycles. The predicted octanol–water partition coefficient (Wildman–Crippen LogP) is -1.13. The molecule has 0 radical (unpaired) electrons. The number of carbonyl (C=O) groups is 2. The van der Waals surface area contributed by atoms with Crippen LogP contribution in [0, 0.1) is 0 Å². The number of furan rings is 1. The number of aliphatic hydroxyl groups excluding tert-OH is 2. The zero-order valence-corrected chi connectivity index (χ0v) is 9.76. The molecule has 1 atom stereocenters. The van der Waals surface area contributed by atoms with Crippen LogP contribution < -0.4 is 10.6 Å². The van der Waals surface area contributed by atoms with Gasteiger partial charge in [-0.2, -0.15) is 0 Å². The van der Waals surface area contributed by atoms with Crippen molar-refractivity contribution in [3.05, 3.63) is 24.2 Å². The van der Waals surface area contributed by atoms with E-state index >= 15 is 0 Å². The second kappa shape index (κ2) is 7.46. The van der Waals surface area contributed by atoms with Crippen LogP contribution in [0.3, 0.4) is 0 Å². The van der Waals surface area contributed by atoms with Gasteiger partial charge in [-0.25, -0.2) is 0 Å². The first-order valence-corrected chi connectivity index (χ1v) is 5.50. The number of carbonyl (C=O) groups excluding carboxylic acids is 2. The maximum atomic E-state index is 11.4. The molecule has 0 saturated heterocycles. The summed E-state index contributed by atoms with van der Waals surface area (Å²) < 4.78 is 4.87. The summed E-state index contributed by atoms with van der Waals surface area (Å²) >= 11 is 0. The van der Waals surface area contributed by atoms with Crippen LogP contribution in [0.1, 0.15) is 17.0 Å². The largest absolute Gasteiger partial charge is 0.459 e. The lowest BCUT2D eigenvalue weighted by atomic mass is 10.3. The van der Waals surface area contributed by atoms with Gasteiger partial charge in [0.25, 0.3) is 5.91 Å². The topological polar surface area (TPSA) is 112 Å². The molecule has 0 aliphatic heterocycles. The molecule has 18 heavy (non-hydrogen) atoms. The Morgan fingerprint density at radius 1 is 1.39 bits per heavy atom. The van der Waals surface area contributed by atoms with E-state index in [1.54, 1.807) is 6.07 Å². The van der Waals surface area contributed by atoms with Crippen LogP contribution in [0.5, 0.6) is 0 Å². The van der Waals surface area contributed by atoms with Gasteiger partial charge in [-0.1, -0.05) is 0 Å². The smallest absolute Gasteiger partial charge is 0.286 e. The standard InChI is InChI=1S/C11H16N2O5/c14-7-8(15)6-13-10(16)3-4-12-11(17)9-2-1-5-18-9/h1-2,5,8,14-15H,3-4,6-7H2,(H,12,17)(H,13,16). The summed E-state index contributed by atoms with van der Waals surface area (Å²) in [4.78, 5) is 22.6. The van der Waals surface area contributed by atoms with Gasteiger partial charge in [-0.05, 0) is 12.1 Å². The van der Waals surface area contributed by atoms with Gasteiger partial charge in [0.2, 0.25) is 5.91 Å². The lowest BCUT2D eigenvalue weighted by Crippen LogP contribution is -2.36. The highest BCUT2D eigenvalue weighted by Crippen LogP contribution is 1.98. The van der Waals surface area contributed by atoms with E-state index in [0.29, 0.717) is 0 Å². The van der Waals surface area contributed by atoms with Crippen LogP contribution in [-0.4, -0.2) is 47.8 Å². The molecule has 0 saturated carbocycles. The van der Waals surface area contributed by atoms with Gasteiger partial charge in [-0.3, -0.25) is 9.59 Å². The maximum Gasteiger partial charge on any atom is 0.286 e. The molecule has 1 rings (SSSR count). The maximum absolute atomic E-state index is 11.4. The molecule has 2 amide bonds. The number of hydrogen-bond acceptors (Lipinski definition) is 5. The number of hydrogen-bond donors (Lipinski definition) is 4. The second-order valence-electron chi connectivity index (χ2n) is 3.62. The third-order valence-electron chi connectivity index (χ3n) is 2.13. The van der Waals surface area contributed by atoms with Gasteiger partial charge in [0.1, 0.15) is 0 Å². The Bertz CT molecular complexity index is 377. The van der Waals surface area contributed by atoms with Crippen LogP contribution >= 0.6 is 0 Å². The van der Waals surface area contributed by atoms with Gasteiger partial charge < -0.3 is 25.3 Å². The molecule has 7 heteroatoms. The highest BCUT2D eigenvalue weighted by Gasteiger charge is 2.09. The summed E-state index contributed by atoms with van der Waals surface area (Å²) in [6.07, 6.45) is 0.509. The highest BCUT2D eigenvalue weighted by molar-refractivity contribution is 5.91. The molecule has 0 aliphatic rings. The average molecular weight is 256 g/mol. The molecular weight excluding hydrogens is 240 g/mol. The molecule has 4 N–H and O–H groups in total. The van der Waals surface area contributed by atoms with Crippen LogP contribution in [0.4, 0.5) is 0 Å². The molecule has 7 nitrogen and oxygen atoms in total. The Labute approximate surface area is 104 Å². The van der Waals surface area contributed by atoms with E-state index in [1.807, 2.05) is 0 Å². The van der Waals surface area contributed by atoms with Crippen LogP contribution in [0.15, 0.2) is 22.8 Å². The number of aliphatic hydroxyl groups is 2. The van der Waals surface area contributed by atoms with Crippen molar-refractivity contribution in [2.75, 3.05) is 19.7 Å². The third kappa shape index (κ3) is 4.98. The zero-order chi connectivity index (χ0) is 13.4. The van der Waals surface area contributed by atoms with Gasteiger partial charge in [-0.15, -0.1) is 0 Å². The first kappa shape index (κ1) is 14.2. The summed E-state index contributed by atoms with van der Waals surface area (Å²) in [6, 6.07) is 3.12. The Balaban J connectivity index is 2.14. The van der Waals surface area contributed by atoms with Crippen molar-refractivity contribution in [3.8, 4) is 0 Å². The first-order valence-electron chi connectivity index (χ1n) is 5.50. The Morgan fingerprint density at radius 2 is 2.17 bits per heavy atom. The van der Waals surface area contributed by atoms with Crippen molar-refractivity contribution in [2.24, 2.45) is 0 Å². The number of nitrogens with one attached hydrogen (secondary N) is 2. The molecule has 1 aromatic rings. The van der Waals surface area contributed by atoms with Crippen LogP contribution in [-0.2, 0) is 4.79 Å². The Morgan fingerprint density at radius 3 is 2.78 bits per heavy atom. The minimum absolute atomic E-state index is 0.0124. The van der Waals surface area contributed by atoms with Crippen molar-refractivity contribution in [1.29, 1.82) is 0 Å². The number of amides is 2. The second-order valence-corrected chi connectivity index (χ2v) is 3.62. The predicted molar refractivity (Wildman–Crippen MR) is 61.8 cm³/mol. The van der Waals surface area contributed by atoms with Crippen molar-refractivity contribution >= 4 is 11.8 Å². The van der Waals surface area contributed by atoms with Gasteiger partial charge in [0.05, 0.1) is 19.0 Å². The summed E-state index contributed by atoms with van der Waals surface area (Å²) in [5, 5.41) is 22.5. The summed E-state index contributed by atoms with van der Waals surface area (Å²) in [6.45, 7) is -0.252. The fourth-order valence-corrected chi connectivity index (χ4v) is 1.17. The third-order valence-corrected chi connectivity index (χ3v) is 2.13. The fraction of sp³-hybridized carbons (Fsp3) is 0.455. The van der Waals surface area contributed by atoms with E-state index in [1.165, 1.54) is 12.3 Å². The molecule has 0 bridgehead atoms. The van der Waals surface area contributed by atoms with Gasteiger partial charge in [0, 0.05) is 19.5 Å². The van der Waals surface area contributed by atoms with Gasteiger partial charge in [0.15, 0.2) is 5.76 Å². The first-order chi connectivity index (χ1) is 8.63. The summed E-state index contributed by atoms with van der Waals surface area (Å²) in [5.74, 6) is -0.517. The summed E-state index contributed by atoms with van der Waals surface area (Å²) in [5.41, 5.74) is 0. The molecule has 1 aromatic heterocycles. The summed E-state index contributed by atoms with van der Waals surface area (Å²) in [7, 11) is 0. The van der Waals surface area contributed by atoms with E-state index in [9.17, 15) is 9.59 Å². The number of rotatable bonds is 7. The molecule has 0 aromatic carbocycles. The Kier molecular flexibility index (Phi) is 5.89. The molecule has 0 fully saturated rings. The van der Waals surface area contributed by atoms with Gasteiger partial charge >= 0.3 is 0 Å². The highest BCUT2D eigenvalue weighted by atomic mass is 16.3. The SMILES string of the molecule is O=C(CCNC(=O)c1ccco1)NCC(O)CO. The lowest BCUT2D eigenvalue weighted by Gasteiger charge is -2.09. The normalized spacial score (nSPS) is 11.9. The molecule has 0 spiro atoms. The van der Waals surface area contributed by atoms with Crippen molar-refractivity contribution in [3.63, 3.8) is 0 Å². The average Bonchev–Trinajstić information content (AvgIpc) is 2.89. The van der Waals surface area contributed by atoms with Crippen molar-refractivity contribution in [1.82, 2.24) is 10.6 Å². The van der Waals surface area contributed by atoms with Crippen LogP contribution in [0.2, 0.25) is 0 Å². The van der Waals surface area contributed by atoms with E-state index in [-0.39, 0.29) is 37.1 Å². The van der Waals surface area contributed by atoms with Crippen molar-refractivity contribution in [2.45, 2.75) is 12.5 Å². The monoisotopic (exact) mass is 256 g/mol. The van der Waals surface area contributed by atoms with E-state index in [2.05, 4.69) is 10.6 Å². The van der Waals surface area contributed by atoms with Crippen molar-refractivity contribution < 1.29 is 24.2 Å². The zero-order valence-electron chi connectivity index (χ0n) is 9.76. The van der Waals surface area contributed by atoms with Crippen LogP contribution in [0.25, 0.3) is 0 Å². The minimum Gasteiger partial charge on any atom is -0.459 e. The molecule has 1 unspecified atom stereocenters. The van der Waals surface area contributed by atoms with E-state index in [4.69, 9.17) is 14.6 Å². The Hall–Kier alpha value is -1.86. The fourth-order valence-electron chi connectivity index (χ4n) is 1.17. The molecular formula is C11H16N2O5. The molecule has 0 aliphatic carbocycles.